The van der Waals surface area contributed by atoms with Gasteiger partial charge in [-0.1, -0.05) is 17.2 Å². The lowest BCUT2D eigenvalue weighted by Gasteiger charge is -2.03. The molecule has 0 radical (unpaired) electrons. The Balaban J connectivity index is 2.51. The molecule has 3 nitrogen and oxygen atoms in total. The SMILES string of the molecule is C=C(C)CC/C(C)=C\[C@@H]1CC(=O)OC1=O. The maximum Gasteiger partial charge on any atom is 0.321 e. The maximum atomic E-state index is 11.2. The van der Waals surface area contributed by atoms with E-state index in [1.807, 2.05) is 19.9 Å². The summed E-state index contributed by atoms with van der Waals surface area (Å²) in [6.07, 6.45) is 3.81. The number of rotatable bonds is 4. The number of esters is 2. The van der Waals surface area contributed by atoms with E-state index in [1.165, 1.54) is 0 Å². The summed E-state index contributed by atoms with van der Waals surface area (Å²) in [6, 6.07) is 0. The quantitative estimate of drug-likeness (QED) is 0.404. The van der Waals surface area contributed by atoms with Gasteiger partial charge in [-0.2, -0.15) is 0 Å². The minimum atomic E-state index is -0.422. The van der Waals surface area contributed by atoms with Crippen LogP contribution in [0.1, 0.15) is 33.1 Å². The maximum absolute atomic E-state index is 11.2. The molecule has 1 aliphatic heterocycles. The Morgan fingerprint density at radius 3 is 2.60 bits per heavy atom. The summed E-state index contributed by atoms with van der Waals surface area (Å²) in [5, 5.41) is 0. The zero-order valence-corrected chi connectivity index (χ0v) is 9.21. The van der Waals surface area contributed by atoms with Crippen molar-refractivity contribution in [1.29, 1.82) is 0 Å². The lowest BCUT2D eigenvalue weighted by Crippen LogP contribution is -2.04. The summed E-state index contributed by atoms with van der Waals surface area (Å²) >= 11 is 0. The average molecular weight is 208 g/mol. The Bertz CT molecular complexity index is 326. The highest BCUT2D eigenvalue weighted by molar-refractivity contribution is 5.95. The molecule has 1 rings (SSSR count). The smallest absolute Gasteiger partial charge is 0.321 e. The van der Waals surface area contributed by atoms with Crippen molar-refractivity contribution in [2.45, 2.75) is 33.1 Å². The second kappa shape index (κ2) is 4.91. The van der Waals surface area contributed by atoms with Crippen molar-refractivity contribution in [1.82, 2.24) is 0 Å². The van der Waals surface area contributed by atoms with E-state index < -0.39 is 11.9 Å². The molecule has 3 heteroatoms. The third kappa shape index (κ3) is 3.70. The molecular weight excluding hydrogens is 192 g/mol. The van der Waals surface area contributed by atoms with Gasteiger partial charge in [0.25, 0.3) is 0 Å². The Labute approximate surface area is 89.8 Å². The second-order valence-corrected chi connectivity index (χ2v) is 4.07. The van der Waals surface area contributed by atoms with Gasteiger partial charge in [0.2, 0.25) is 0 Å². The van der Waals surface area contributed by atoms with Crippen molar-refractivity contribution in [3.8, 4) is 0 Å². The van der Waals surface area contributed by atoms with Crippen LogP contribution in [0.3, 0.4) is 0 Å². The van der Waals surface area contributed by atoms with Crippen LogP contribution < -0.4 is 0 Å². The van der Waals surface area contributed by atoms with Gasteiger partial charge in [0.05, 0.1) is 12.3 Å². The monoisotopic (exact) mass is 208 g/mol. The Kier molecular flexibility index (Phi) is 3.83. The number of ether oxygens (including phenoxy) is 1. The highest BCUT2D eigenvalue weighted by Crippen LogP contribution is 2.20. The van der Waals surface area contributed by atoms with Crippen LogP contribution in [0.15, 0.2) is 23.8 Å². The van der Waals surface area contributed by atoms with Gasteiger partial charge in [0.1, 0.15) is 0 Å². The van der Waals surface area contributed by atoms with Crippen LogP contribution in [-0.2, 0) is 14.3 Å². The summed E-state index contributed by atoms with van der Waals surface area (Å²) in [7, 11) is 0. The molecule has 0 aliphatic carbocycles. The molecule has 1 atom stereocenters. The molecule has 0 bridgehead atoms. The van der Waals surface area contributed by atoms with Gasteiger partial charge in [-0.3, -0.25) is 9.59 Å². The first-order valence-electron chi connectivity index (χ1n) is 5.05. The minimum absolute atomic E-state index is 0.184. The molecule has 15 heavy (non-hydrogen) atoms. The Morgan fingerprint density at radius 2 is 2.13 bits per heavy atom. The highest BCUT2D eigenvalue weighted by Gasteiger charge is 2.31. The summed E-state index contributed by atoms with van der Waals surface area (Å²) in [6.45, 7) is 7.74. The van der Waals surface area contributed by atoms with Crippen molar-refractivity contribution in [3.05, 3.63) is 23.8 Å². The zero-order chi connectivity index (χ0) is 11.4. The van der Waals surface area contributed by atoms with Gasteiger partial charge >= 0.3 is 11.9 Å². The molecule has 1 fully saturated rings. The van der Waals surface area contributed by atoms with Crippen molar-refractivity contribution in [2.75, 3.05) is 0 Å². The molecule has 0 unspecified atom stereocenters. The fourth-order valence-electron chi connectivity index (χ4n) is 1.46. The van der Waals surface area contributed by atoms with Gasteiger partial charge in [-0.25, -0.2) is 0 Å². The lowest BCUT2D eigenvalue weighted by atomic mass is 10.0. The Hall–Kier alpha value is -1.38. The highest BCUT2D eigenvalue weighted by atomic mass is 16.6. The van der Waals surface area contributed by atoms with Crippen LogP contribution in [-0.4, -0.2) is 11.9 Å². The van der Waals surface area contributed by atoms with Crippen molar-refractivity contribution in [2.24, 2.45) is 5.92 Å². The molecule has 1 heterocycles. The summed E-state index contributed by atoms with van der Waals surface area (Å²) in [5.41, 5.74) is 2.22. The molecule has 1 aliphatic rings. The molecule has 0 aromatic carbocycles. The van der Waals surface area contributed by atoms with Crippen LogP contribution in [0.25, 0.3) is 0 Å². The normalized spacial score (nSPS) is 21.7. The van der Waals surface area contributed by atoms with E-state index in [2.05, 4.69) is 11.3 Å². The van der Waals surface area contributed by atoms with Crippen LogP contribution in [0.5, 0.6) is 0 Å². The number of cyclic esters (lactones) is 2. The van der Waals surface area contributed by atoms with Gasteiger partial charge in [0.15, 0.2) is 0 Å². The largest absolute Gasteiger partial charge is 0.393 e. The number of hydrogen-bond acceptors (Lipinski definition) is 3. The van der Waals surface area contributed by atoms with E-state index in [0.717, 1.165) is 24.0 Å². The van der Waals surface area contributed by atoms with E-state index in [9.17, 15) is 9.59 Å². The standard InChI is InChI=1S/C12H16O3/c1-8(2)4-5-9(3)6-10-7-11(13)15-12(10)14/h6,10H,1,4-5,7H2,2-3H3/b9-6-/t10-/m1/s1. The van der Waals surface area contributed by atoms with Gasteiger partial charge in [0, 0.05) is 0 Å². The molecular formula is C12H16O3. The third-order valence-corrected chi connectivity index (χ3v) is 2.34. The predicted molar refractivity (Wildman–Crippen MR) is 57.0 cm³/mol. The number of carbonyl (C=O) groups excluding carboxylic acids is 2. The Morgan fingerprint density at radius 1 is 1.47 bits per heavy atom. The molecule has 0 spiro atoms. The third-order valence-electron chi connectivity index (χ3n) is 2.34. The number of allylic oxidation sites excluding steroid dienone is 2. The summed E-state index contributed by atoms with van der Waals surface area (Å²) in [5.74, 6) is -1.22. The van der Waals surface area contributed by atoms with Gasteiger partial charge < -0.3 is 4.74 Å². The first-order chi connectivity index (χ1) is 6.99. The van der Waals surface area contributed by atoms with Crippen LogP contribution in [0.2, 0.25) is 0 Å². The molecule has 0 aromatic rings. The average Bonchev–Trinajstić information content (AvgIpc) is 2.42. The van der Waals surface area contributed by atoms with Crippen LogP contribution in [0, 0.1) is 5.92 Å². The van der Waals surface area contributed by atoms with E-state index in [4.69, 9.17) is 0 Å². The van der Waals surface area contributed by atoms with Crippen LogP contribution >= 0.6 is 0 Å². The van der Waals surface area contributed by atoms with Gasteiger partial charge in [-0.05, 0) is 26.7 Å². The van der Waals surface area contributed by atoms with Crippen molar-refractivity contribution in [3.63, 3.8) is 0 Å². The zero-order valence-electron chi connectivity index (χ0n) is 9.21. The summed E-state index contributed by atoms with van der Waals surface area (Å²) < 4.78 is 4.46. The molecule has 82 valence electrons. The number of carbonyl (C=O) groups is 2. The van der Waals surface area contributed by atoms with Crippen molar-refractivity contribution < 1.29 is 14.3 Å². The van der Waals surface area contributed by atoms with Gasteiger partial charge in [-0.15, -0.1) is 6.58 Å². The molecule has 0 N–H and O–H groups in total. The predicted octanol–water partition coefficient (Wildman–Crippen LogP) is 2.38. The number of hydrogen-bond donors (Lipinski definition) is 0. The lowest BCUT2D eigenvalue weighted by molar-refractivity contribution is -0.152. The topological polar surface area (TPSA) is 43.4 Å². The molecule has 0 saturated carbocycles. The first kappa shape index (κ1) is 11.7. The molecule has 0 amide bonds. The van der Waals surface area contributed by atoms with E-state index in [1.54, 1.807) is 0 Å². The fraction of sp³-hybridized carbons (Fsp3) is 0.500. The van der Waals surface area contributed by atoms with E-state index in [-0.39, 0.29) is 12.3 Å². The van der Waals surface area contributed by atoms with E-state index in [0.29, 0.717) is 0 Å². The molecule has 1 saturated heterocycles. The summed E-state index contributed by atoms with van der Waals surface area (Å²) in [4.78, 5) is 22.0. The first-order valence-corrected chi connectivity index (χ1v) is 5.05. The molecule has 0 aromatic heterocycles. The second-order valence-electron chi connectivity index (χ2n) is 4.07. The minimum Gasteiger partial charge on any atom is -0.393 e. The fourth-order valence-corrected chi connectivity index (χ4v) is 1.46. The van der Waals surface area contributed by atoms with Crippen molar-refractivity contribution >= 4 is 11.9 Å². The van der Waals surface area contributed by atoms with Crippen LogP contribution in [0.4, 0.5) is 0 Å². The van der Waals surface area contributed by atoms with E-state index >= 15 is 0 Å².